The Morgan fingerprint density at radius 2 is 2.19 bits per heavy atom. The van der Waals surface area contributed by atoms with Crippen LogP contribution in [0.15, 0.2) is 0 Å². The Balaban J connectivity index is 1.72. The second-order valence-corrected chi connectivity index (χ2v) is 5.92. The maximum absolute atomic E-state index is 5.82. The molecule has 2 aliphatic rings. The summed E-state index contributed by atoms with van der Waals surface area (Å²) in [7, 11) is 0. The highest BCUT2D eigenvalue weighted by atomic mass is 16.5. The Labute approximate surface area is 100 Å². The number of nitrogens with one attached hydrogen (secondary N) is 1. The Morgan fingerprint density at radius 3 is 2.88 bits per heavy atom. The standard InChI is InChI=1S/C14H27NO/c1-3-12-6-4-7-13(10-12)15-11-14(2)8-5-9-16-14/h12-13,15H,3-11H2,1-2H3. The van der Waals surface area contributed by atoms with E-state index in [1.54, 1.807) is 0 Å². The summed E-state index contributed by atoms with van der Waals surface area (Å²) in [5.41, 5.74) is 0.124. The van der Waals surface area contributed by atoms with Crippen molar-refractivity contribution in [3.63, 3.8) is 0 Å². The SMILES string of the molecule is CCC1CCCC(NCC2(C)CCCO2)C1. The topological polar surface area (TPSA) is 21.3 Å². The average Bonchev–Trinajstić information content (AvgIpc) is 2.75. The zero-order valence-electron chi connectivity index (χ0n) is 10.9. The van der Waals surface area contributed by atoms with E-state index in [9.17, 15) is 0 Å². The molecule has 3 atom stereocenters. The van der Waals surface area contributed by atoms with Crippen LogP contribution in [0.1, 0.15) is 58.8 Å². The maximum atomic E-state index is 5.82. The molecule has 2 heteroatoms. The molecule has 1 saturated heterocycles. The summed E-state index contributed by atoms with van der Waals surface area (Å²) in [5, 5.41) is 3.74. The van der Waals surface area contributed by atoms with Crippen molar-refractivity contribution < 1.29 is 4.74 Å². The summed E-state index contributed by atoms with van der Waals surface area (Å²) in [6.45, 7) is 6.59. The molecule has 1 aliphatic heterocycles. The first kappa shape index (κ1) is 12.4. The molecule has 3 unspecified atom stereocenters. The van der Waals surface area contributed by atoms with Crippen LogP contribution in [0.4, 0.5) is 0 Å². The minimum absolute atomic E-state index is 0.124. The van der Waals surface area contributed by atoms with Gasteiger partial charge in [-0.3, -0.25) is 0 Å². The molecule has 0 aromatic heterocycles. The molecule has 16 heavy (non-hydrogen) atoms. The van der Waals surface area contributed by atoms with Crippen LogP contribution in [0, 0.1) is 5.92 Å². The number of hydrogen-bond acceptors (Lipinski definition) is 2. The summed E-state index contributed by atoms with van der Waals surface area (Å²) in [6, 6.07) is 0.750. The van der Waals surface area contributed by atoms with Gasteiger partial charge in [-0.2, -0.15) is 0 Å². The van der Waals surface area contributed by atoms with Crippen molar-refractivity contribution in [3.8, 4) is 0 Å². The second kappa shape index (κ2) is 5.50. The maximum Gasteiger partial charge on any atom is 0.0779 e. The molecule has 0 aromatic rings. The van der Waals surface area contributed by atoms with E-state index in [4.69, 9.17) is 4.74 Å². The molecule has 2 nitrogen and oxygen atoms in total. The van der Waals surface area contributed by atoms with Gasteiger partial charge < -0.3 is 10.1 Å². The van der Waals surface area contributed by atoms with Gasteiger partial charge in [0.2, 0.25) is 0 Å². The Bertz CT molecular complexity index is 211. The average molecular weight is 225 g/mol. The zero-order chi connectivity index (χ0) is 11.4. The van der Waals surface area contributed by atoms with Gasteiger partial charge in [0.05, 0.1) is 5.60 Å². The van der Waals surface area contributed by atoms with Crippen molar-refractivity contribution in [2.24, 2.45) is 5.92 Å². The van der Waals surface area contributed by atoms with E-state index in [1.807, 2.05) is 0 Å². The molecule has 0 spiro atoms. The minimum atomic E-state index is 0.124. The van der Waals surface area contributed by atoms with E-state index in [0.29, 0.717) is 0 Å². The van der Waals surface area contributed by atoms with E-state index < -0.39 is 0 Å². The minimum Gasteiger partial charge on any atom is -0.374 e. The van der Waals surface area contributed by atoms with E-state index in [1.165, 1.54) is 44.9 Å². The van der Waals surface area contributed by atoms with Gasteiger partial charge in [0, 0.05) is 19.2 Å². The van der Waals surface area contributed by atoms with Crippen molar-refractivity contribution >= 4 is 0 Å². The van der Waals surface area contributed by atoms with Gasteiger partial charge in [-0.05, 0) is 38.5 Å². The molecule has 2 fully saturated rings. The fraction of sp³-hybridized carbons (Fsp3) is 1.00. The predicted octanol–water partition coefficient (Wildman–Crippen LogP) is 3.11. The van der Waals surface area contributed by atoms with Gasteiger partial charge >= 0.3 is 0 Å². The normalized spacial score (nSPS) is 40.1. The third-order valence-electron chi connectivity index (χ3n) is 4.43. The highest BCUT2D eigenvalue weighted by Gasteiger charge is 2.31. The van der Waals surface area contributed by atoms with Crippen molar-refractivity contribution in [3.05, 3.63) is 0 Å². The highest BCUT2D eigenvalue weighted by Crippen LogP contribution is 2.28. The molecule has 0 bridgehead atoms. The first-order chi connectivity index (χ1) is 7.72. The third-order valence-corrected chi connectivity index (χ3v) is 4.43. The van der Waals surface area contributed by atoms with Gasteiger partial charge in [0.25, 0.3) is 0 Å². The lowest BCUT2D eigenvalue weighted by Crippen LogP contribution is -2.43. The van der Waals surface area contributed by atoms with Crippen LogP contribution in [0.2, 0.25) is 0 Å². The third kappa shape index (κ3) is 3.21. The molecular weight excluding hydrogens is 198 g/mol. The fourth-order valence-electron chi connectivity index (χ4n) is 3.18. The van der Waals surface area contributed by atoms with Crippen molar-refractivity contribution in [1.29, 1.82) is 0 Å². The summed E-state index contributed by atoms with van der Waals surface area (Å²) >= 11 is 0. The van der Waals surface area contributed by atoms with E-state index in [0.717, 1.165) is 25.1 Å². The van der Waals surface area contributed by atoms with E-state index in [2.05, 4.69) is 19.2 Å². The molecule has 1 heterocycles. The molecule has 0 radical (unpaired) electrons. The first-order valence-corrected chi connectivity index (χ1v) is 7.09. The Morgan fingerprint density at radius 1 is 1.31 bits per heavy atom. The lowest BCUT2D eigenvalue weighted by atomic mass is 9.84. The lowest BCUT2D eigenvalue weighted by Gasteiger charge is -2.32. The molecule has 2 rings (SSSR count). The van der Waals surface area contributed by atoms with Gasteiger partial charge in [-0.1, -0.05) is 26.2 Å². The monoisotopic (exact) mass is 225 g/mol. The largest absolute Gasteiger partial charge is 0.374 e. The molecule has 94 valence electrons. The molecule has 1 aliphatic carbocycles. The highest BCUT2D eigenvalue weighted by molar-refractivity contribution is 4.86. The summed E-state index contributed by atoms with van der Waals surface area (Å²) in [4.78, 5) is 0. The van der Waals surface area contributed by atoms with E-state index in [-0.39, 0.29) is 5.60 Å². The Hall–Kier alpha value is -0.0800. The second-order valence-electron chi connectivity index (χ2n) is 5.92. The van der Waals surface area contributed by atoms with Gasteiger partial charge in [-0.15, -0.1) is 0 Å². The quantitative estimate of drug-likeness (QED) is 0.794. The molecule has 1 N–H and O–H groups in total. The summed E-state index contributed by atoms with van der Waals surface area (Å²) in [6.07, 6.45) is 9.42. The van der Waals surface area contributed by atoms with Crippen LogP contribution in [-0.2, 0) is 4.74 Å². The van der Waals surface area contributed by atoms with Crippen LogP contribution in [0.3, 0.4) is 0 Å². The van der Waals surface area contributed by atoms with Crippen molar-refractivity contribution in [2.75, 3.05) is 13.2 Å². The van der Waals surface area contributed by atoms with Crippen molar-refractivity contribution in [2.45, 2.75) is 70.4 Å². The van der Waals surface area contributed by atoms with E-state index >= 15 is 0 Å². The molecular formula is C14H27NO. The number of hydrogen-bond donors (Lipinski definition) is 1. The lowest BCUT2D eigenvalue weighted by molar-refractivity contribution is 0.0170. The molecule has 0 amide bonds. The molecule has 0 aromatic carbocycles. The van der Waals surface area contributed by atoms with Gasteiger partial charge in [-0.25, -0.2) is 0 Å². The van der Waals surface area contributed by atoms with Gasteiger partial charge in [0.15, 0.2) is 0 Å². The first-order valence-electron chi connectivity index (χ1n) is 7.09. The summed E-state index contributed by atoms with van der Waals surface area (Å²) < 4.78 is 5.82. The van der Waals surface area contributed by atoms with Crippen LogP contribution in [0.25, 0.3) is 0 Å². The molecule has 1 saturated carbocycles. The smallest absolute Gasteiger partial charge is 0.0779 e. The van der Waals surface area contributed by atoms with Crippen molar-refractivity contribution in [1.82, 2.24) is 5.32 Å². The zero-order valence-corrected chi connectivity index (χ0v) is 10.9. The van der Waals surface area contributed by atoms with Crippen LogP contribution >= 0.6 is 0 Å². The Kier molecular flexibility index (Phi) is 4.26. The number of ether oxygens (including phenoxy) is 1. The number of rotatable bonds is 4. The van der Waals surface area contributed by atoms with Crippen LogP contribution in [-0.4, -0.2) is 24.8 Å². The van der Waals surface area contributed by atoms with Crippen LogP contribution < -0.4 is 5.32 Å². The summed E-state index contributed by atoms with van der Waals surface area (Å²) in [5.74, 6) is 0.962. The fourth-order valence-corrected chi connectivity index (χ4v) is 3.18. The van der Waals surface area contributed by atoms with Gasteiger partial charge in [0.1, 0.15) is 0 Å². The van der Waals surface area contributed by atoms with Crippen LogP contribution in [0.5, 0.6) is 0 Å². The predicted molar refractivity (Wildman–Crippen MR) is 67.6 cm³/mol.